The molecule has 0 saturated carbocycles. The van der Waals surface area contributed by atoms with Crippen molar-refractivity contribution in [1.29, 1.82) is 0 Å². The molecule has 2 aromatic rings. The molecule has 1 unspecified atom stereocenters. The summed E-state index contributed by atoms with van der Waals surface area (Å²) < 4.78 is 6.67. The fraction of sp³-hybridized carbons (Fsp3) is 0.429. The number of halogens is 1. The molecule has 1 aliphatic rings. The van der Waals surface area contributed by atoms with Gasteiger partial charge in [-0.2, -0.15) is 4.98 Å². The normalized spacial score (nSPS) is 20.2. The standard InChI is InChI=1S/C14H17IN4O/c1-9-10(4-3-5-11(9)15)14-17-13(18-20-14)12-8-16-6-7-19(12)2/h3-5,12,16H,6-8H2,1-2H3. The fourth-order valence-corrected chi connectivity index (χ4v) is 2.91. The van der Waals surface area contributed by atoms with Crippen LogP contribution >= 0.6 is 22.6 Å². The van der Waals surface area contributed by atoms with E-state index in [-0.39, 0.29) is 6.04 Å². The number of aromatic nitrogens is 2. The molecule has 5 nitrogen and oxygen atoms in total. The molecule has 1 saturated heterocycles. The number of likely N-dealkylation sites (N-methyl/N-ethyl adjacent to an activating group) is 1. The van der Waals surface area contributed by atoms with Crippen LogP contribution in [0, 0.1) is 10.5 Å². The summed E-state index contributed by atoms with van der Waals surface area (Å²) in [6, 6.07) is 6.31. The maximum atomic E-state index is 5.47. The summed E-state index contributed by atoms with van der Waals surface area (Å²) in [7, 11) is 2.10. The Hall–Kier alpha value is -0.990. The number of benzene rings is 1. The Kier molecular flexibility index (Phi) is 4.04. The van der Waals surface area contributed by atoms with Crippen molar-refractivity contribution >= 4 is 22.6 Å². The molecule has 1 fully saturated rings. The summed E-state index contributed by atoms with van der Waals surface area (Å²) in [5, 5.41) is 7.54. The van der Waals surface area contributed by atoms with Crippen LogP contribution in [0.2, 0.25) is 0 Å². The first kappa shape index (κ1) is 14.0. The number of hydrogen-bond acceptors (Lipinski definition) is 5. The Morgan fingerprint density at radius 2 is 2.30 bits per heavy atom. The van der Waals surface area contributed by atoms with E-state index in [9.17, 15) is 0 Å². The van der Waals surface area contributed by atoms with Gasteiger partial charge in [-0.25, -0.2) is 0 Å². The van der Waals surface area contributed by atoms with E-state index in [0.29, 0.717) is 5.89 Å². The van der Waals surface area contributed by atoms with E-state index in [4.69, 9.17) is 4.52 Å². The molecule has 1 aromatic heterocycles. The van der Waals surface area contributed by atoms with E-state index in [1.54, 1.807) is 0 Å². The molecular formula is C14H17IN4O. The second-order valence-electron chi connectivity index (χ2n) is 5.07. The van der Waals surface area contributed by atoms with Gasteiger partial charge in [-0.3, -0.25) is 4.90 Å². The largest absolute Gasteiger partial charge is 0.334 e. The maximum absolute atomic E-state index is 5.47. The van der Waals surface area contributed by atoms with E-state index in [1.807, 2.05) is 12.1 Å². The molecule has 0 spiro atoms. The van der Waals surface area contributed by atoms with Gasteiger partial charge in [0.1, 0.15) is 0 Å². The third kappa shape index (κ3) is 2.59. The monoisotopic (exact) mass is 384 g/mol. The van der Waals surface area contributed by atoms with Crippen molar-refractivity contribution in [2.75, 3.05) is 26.7 Å². The summed E-state index contributed by atoms with van der Waals surface area (Å²) >= 11 is 2.32. The lowest BCUT2D eigenvalue weighted by Crippen LogP contribution is -2.44. The topological polar surface area (TPSA) is 54.2 Å². The van der Waals surface area contributed by atoms with Crippen LogP contribution in [0.15, 0.2) is 22.7 Å². The maximum Gasteiger partial charge on any atom is 0.258 e. The first-order valence-electron chi connectivity index (χ1n) is 6.67. The minimum Gasteiger partial charge on any atom is -0.334 e. The van der Waals surface area contributed by atoms with E-state index in [2.05, 4.69) is 63.0 Å². The third-order valence-electron chi connectivity index (χ3n) is 3.75. The molecule has 106 valence electrons. The number of piperazine rings is 1. The van der Waals surface area contributed by atoms with Crippen molar-refractivity contribution in [2.45, 2.75) is 13.0 Å². The molecule has 3 rings (SSSR count). The van der Waals surface area contributed by atoms with Crippen LogP contribution in [-0.4, -0.2) is 41.7 Å². The van der Waals surface area contributed by atoms with Gasteiger partial charge in [-0.15, -0.1) is 0 Å². The van der Waals surface area contributed by atoms with Gasteiger partial charge in [0.25, 0.3) is 5.89 Å². The van der Waals surface area contributed by atoms with Crippen molar-refractivity contribution in [3.8, 4) is 11.5 Å². The Morgan fingerprint density at radius 3 is 3.10 bits per heavy atom. The molecule has 1 aliphatic heterocycles. The lowest BCUT2D eigenvalue weighted by atomic mass is 10.1. The predicted molar refractivity (Wildman–Crippen MR) is 85.4 cm³/mol. The number of nitrogens with zero attached hydrogens (tertiary/aromatic N) is 3. The van der Waals surface area contributed by atoms with Gasteiger partial charge in [0.05, 0.1) is 6.04 Å². The summed E-state index contributed by atoms with van der Waals surface area (Å²) in [6.07, 6.45) is 0. The summed E-state index contributed by atoms with van der Waals surface area (Å²) in [5.74, 6) is 1.36. The van der Waals surface area contributed by atoms with Gasteiger partial charge in [0.2, 0.25) is 0 Å². The molecule has 0 amide bonds. The zero-order chi connectivity index (χ0) is 14.1. The van der Waals surface area contributed by atoms with Crippen molar-refractivity contribution in [3.05, 3.63) is 33.2 Å². The van der Waals surface area contributed by atoms with Gasteiger partial charge >= 0.3 is 0 Å². The zero-order valence-corrected chi connectivity index (χ0v) is 13.7. The molecule has 0 radical (unpaired) electrons. The summed E-state index contributed by atoms with van der Waals surface area (Å²) in [5.41, 5.74) is 2.19. The highest BCUT2D eigenvalue weighted by Crippen LogP contribution is 2.27. The predicted octanol–water partition coefficient (Wildman–Crippen LogP) is 2.23. The second-order valence-corrected chi connectivity index (χ2v) is 6.23. The Balaban J connectivity index is 1.92. The average molecular weight is 384 g/mol. The van der Waals surface area contributed by atoms with Crippen LogP contribution in [0.4, 0.5) is 0 Å². The number of rotatable bonds is 2. The third-order valence-corrected chi connectivity index (χ3v) is 4.92. The highest BCUT2D eigenvalue weighted by Gasteiger charge is 2.25. The highest BCUT2D eigenvalue weighted by atomic mass is 127. The number of hydrogen-bond donors (Lipinski definition) is 1. The van der Waals surface area contributed by atoms with Crippen LogP contribution in [0.25, 0.3) is 11.5 Å². The Labute approximate surface area is 131 Å². The Morgan fingerprint density at radius 1 is 1.45 bits per heavy atom. The zero-order valence-electron chi connectivity index (χ0n) is 11.6. The summed E-state index contributed by atoms with van der Waals surface area (Å²) in [6.45, 7) is 4.94. The van der Waals surface area contributed by atoms with E-state index >= 15 is 0 Å². The average Bonchev–Trinajstić information content (AvgIpc) is 2.92. The quantitative estimate of drug-likeness (QED) is 0.805. The van der Waals surface area contributed by atoms with E-state index in [1.165, 1.54) is 9.13 Å². The molecule has 1 atom stereocenters. The number of nitrogens with one attached hydrogen (secondary N) is 1. The molecule has 20 heavy (non-hydrogen) atoms. The lowest BCUT2D eigenvalue weighted by molar-refractivity contribution is 0.190. The smallest absolute Gasteiger partial charge is 0.258 e. The molecular weight excluding hydrogens is 367 g/mol. The van der Waals surface area contributed by atoms with E-state index in [0.717, 1.165) is 31.0 Å². The van der Waals surface area contributed by atoms with Crippen LogP contribution in [-0.2, 0) is 0 Å². The first-order valence-corrected chi connectivity index (χ1v) is 7.74. The second kappa shape index (κ2) is 5.79. The van der Waals surface area contributed by atoms with Crippen LogP contribution < -0.4 is 5.32 Å². The van der Waals surface area contributed by atoms with Crippen molar-refractivity contribution in [2.24, 2.45) is 0 Å². The molecule has 1 N–H and O–H groups in total. The van der Waals surface area contributed by atoms with Gasteiger partial charge in [0, 0.05) is 28.8 Å². The van der Waals surface area contributed by atoms with Gasteiger partial charge in [-0.1, -0.05) is 11.2 Å². The SMILES string of the molecule is Cc1c(I)cccc1-c1nc(C2CNCCN2C)no1. The van der Waals surface area contributed by atoms with Crippen LogP contribution in [0.1, 0.15) is 17.4 Å². The van der Waals surface area contributed by atoms with Crippen LogP contribution in [0.3, 0.4) is 0 Å². The van der Waals surface area contributed by atoms with Crippen molar-refractivity contribution in [3.63, 3.8) is 0 Å². The van der Waals surface area contributed by atoms with Crippen LogP contribution in [0.5, 0.6) is 0 Å². The molecule has 0 bridgehead atoms. The van der Waals surface area contributed by atoms with E-state index < -0.39 is 0 Å². The van der Waals surface area contributed by atoms with Gasteiger partial charge in [0.15, 0.2) is 5.82 Å². The fourth-order valence-electron chi connectivity index (χ4n) is 2.41. The molecule has 0 aliphatic carbocycles. The first-order chi connectivity index (χ1) is 9.66. The summed E-state index contributed by atoms with van der Waals surface area (Å²) in [4.78, 5) is 6.85. The minimum absolute atomic E-state index is 0.185. The molecule has 2 heterocycles. The van der Waals surface area contributed by atoms with Gasteiger partial charge < -0.3 is 9.84 Å². The molecule has 6 heteroatoms. The Bertz CT molecular complexity index is 613. The lowest BCUT2D eigenvalue weighted by Gasteiger charge is -2.30. The molecule has 1 aromatic carbocycles. The highest BCUT2D eigenvalue weighted by molar-refractivity contribution is 14.1. The van der Waals surface area contributed by atoms with Gasteiger partial charge in [-0.05, 0) is 54.3 Å². The van der Waals surface area contributed by atoms with Crippen molar-refractivity contribution < 1.29 is 4.52 Å². The minimum atomic E-state index is 0.185. The van der Waals surface area contributed by atoms with Crippen molar-refractivity contribution in [1.82, 2.24) is 20.4 Å².